The molecule has 1 aromatic carbocycles. The van der Waals surface area contributed by atoms with Gasteiger partial charge in [0.1, 0.15) is 0 Å². The summed E-state index contributed by atoms with van der Waals surface area (Å²) in [4.78, 5) is 51.0. The summed E-state index contributed by atoms with van der Waals surface area (Å²) in [6.45, 7) is 0.454. The van der Waals surface area contributed by atoms with Crippen molar-refractivity contribution < 1.29 is 23.9 Å². The number of methoxy groups -OCH3 is 1. The summed E-state index contributed by atoms with van der Waals surface area (Å²) in [5.74, 6) is 1.06. The molecule has 0 radical (unpaired) electrons. The molecule has 0 spiro atoms. The number of benzene rings is 1. The van der Waals surface area contributed by atoms with Crippen LogP contribution in [0.5, 0.6) is 0 Å². The van der Waals surface area contributed by atoms with E-state index >= 15 is 0 Å². The summed E-state index contributed by atoms with van der Waals surface area (Å²) in [7, 11) is 1.32. The largest absolute Gasteiger partial charge is 0.465 e. The summed E-state index contributed by atoms with van der Waals surface area (Å²) in [6, 6.07) is 6.54. The van der Waals surface area contributed by atoms with Gasteiger partial charge in [0.2, 0.25) is 17.7 Å². The van der Waals surface area contributed by atoms with E-state index in [2.05, 4.69) is 22.2 Å². The van der Waals surface area contributed by atoms with Gasteiger partial charge in [0.05, 0.1) is 24.5 Å². The lowest BCUT2D eigenvalue weighted by molar-refractivity contribution is -0.140. The Kier molecular flexibility index (Phi) is 5.35. The Morgan fingerprint density at radius 2 is 1.59 bits per heavy atom. The maximum atomic E-state index is 12.9. The summed E-state index contributed by atoms with van der Waals surface area (Å²) in [5.41, 5.74) is 1.05. The zero-order valence-electron chi connectivity index (χ0n) is 18.2. The number of unbranched alkanes of at least 4 members (excludes halogenated alkanes) is 2. The van der Waals surface area contributed by atoms with Crippen molar-refractivity contribution in [2.75, 3.05) is 19.0 Å². The van der Waals surface area contributed by atoms with Crippen LogP contribution in [0.25, 0.3) is 0 Å². The third-order valence-electron chi connectivity index (χ3n) is 7.63. The van der Waals surface area contributed by atoms with Crippen LogP contribution in [0.3, 0.4) is 0 Å². The van der Waals surface area contributed by atoms with Crippen LogP contribution >= 0.6 is 0 Å². The standard InChI is InChI=1S/C25H28N2O5/c1-32-25(31)14-6-8-15(9-7-14)26-20(28)5-3-2-4-12-27-23(29)21-16-10-11-17(19-13-18(16)19)22(21)24(27)30/h6-11,16-19,21-22H,2-5,12-13H2,1H3,(H,26,28). The number of rotatable bonds is 8. The highest BCUT2D eigenvalue weighted by molar-refractivity contribution is 6.06. The van der Waals surface area contributed by atoms with Crippen LogP contribution in [0.1, 0.15) is 42.5 Å². The van der Waals surface area contributed by atoms with Crippen molar-refractivity contribution in [1.29, 1.82) is 0 Å². The van der Waals surface area contributed by atoms with Gasteiger partial charge in [0, 0.05) is 18.7 Å². The van der Waals surface area contributed by atoms with Crippen molar-refractivity contribution in [2.45, 2.75) is 32.1 Å². The summed E-state index contributed by atoms with van der Waals surface area (Å²) < 4.78 is 4.66. The van der Waals surface area contributed by atoms with E-state index in [1.807, 2.05) is 0 Å². The molecule has 2 saturated carbocycles. The van der Waals surface area contributed by atoms with E-state index in [4.69, 9.17) is 0 Å². The molecule has 3 amide bonds. The van der Waals surface area contributed by atoms with Gasteiger partial charge in [-0.1, -0.05) is 18.6 Å². The van der Waals surface area contributed by atoms with E-state index in [0.29, 0.717) is 48.9 Å². The predicted octanol–water partition coefficient (Wildman–Crippen LogP) is 3.03. The van der Waals surface area contributed by atoms with Crippen molar-refractivity contribution in [3.8, 4) is 0 Å². The van der Waals surface area contributed by atoms with Gasteiger partial charge in [-0.05, 0) is 67.2 Å². The van der Waals surface area contributed by atoms with Crippen molar-refractivity contribution in [3.63, 3.8) is 0 Å². The number of likely N-dealkylation sites (tertiary alicyclic amines) is 1. The number of ether oxygens (including phenoxy) is 1. The van der Waals surface area contributed by atoms with Crippen LogP contribution in [0.2, 0.25) is 0 Å². The first-order valence-corrected chi connectivity index (χ1v) is 11.5. The minimum absolute atomic E-state index is 0.0258. The van der Waals surface area contributed by atoms with Crippen LogP contribution in [-0.4, -0.2) is 42.2 Å². The third kappa shape index (κ3) is 3.53. The average Bonchev–Trinajstić information content (AvgIpc) is 3.59. The number of carbonyl (C=O) groups is 4. The molecule has 1 saturated heterocycles. The van der Waals surface area contributed by atoms with Crippen LogP contribution in [-0.2, 0) is 19.1 Å². The number of allylic oxidation sites excluding steroid dienone is 2. The van der Waals surface area contributed by atoms with Gasteiger partial charge in [-0.25, -0.2) is 4.79 Å². The fourth-order valence-corrected chi connectivity index (χ4v) is 6.00. The molecule has 1 aliphatic heterocycles. The van der Waals surface area contributed by atoms with Crippen molar-refractivity contribution in [3.05, 3.63) is 42.0 Å². The number of carbonyl (C=O) groups excluding carboxylic acids is 4. The van der Waals surface area contributed by atoms with Crippen molar-refractivity contribution in [2.24, 2.45) is 35.5 Å². The van der Waals surface area contributed by atoms with E-state index < -0.39 is 5.97 Å². The maximum Gasteiger partial charge on any atom is 0.337 e. The molecule has 3 fully saturated rings. The van der Waals surface area contributed by atoms with Crippen LogP contribution in [0.4, 0.5) is 5.69 Å². The van der Waals surface area contributed by atoms with Gasteiger partial charge in [0.25, 0.3) is 0 Å². The fraction of sp³-hybridized carbons (Fsp3) is 0.520. The first-order valence-electron chi connectivity index (χ1n) is 11.5. The molecule has 32 heavy (non-hydrogen) atoms. The Balaban J connectivity index is 1.05. The Morgan fingerprint density at radius 1 is 0.969 bits per heavy atom. The molecular weight excluding hydrogens is 408 g/mol. The highest BCUT2D eigenvalue weighted by Gasteiger charge is 2.66. The number of amides is 3. The minimum atomic E-state index is -0.419. The normalized spacial score (nSPS) is 31.3. The molecule has 0 aromatic heterocycles. The molecule has 7 nitrogen and oxygen atoms in total. The van der Waals surface area contributed by atoms with E-state index in [1.165, 1.54) is 18.4 Å². The molecule has 1 heterocycles. The number of hydrogen-bond donors (Lipinski definition) is 1. The fourth-order valence-electron chi connectivity index (χ4n) is 6.00. The van der Waals surface area contributed by atoms with E-state index in [9.17, 15) is 19.2 Å². The quantitative estimate of drug-likeness (QED) is 0.293. The highest BCUT2D eigenvalue weighted by Crippen LogP contribution is 2.65. The smallest absolute Gasteiger partial charge is 0.337 e. The van der Waals surface area contributed by atoms with Gasteiger partial charge in [-0.3, -0.25) is 19.3 Å². The summed E-state index contributed by atoms with van der Waals surface area (Å²) in [5, 5.41) is 2.81. The van der Waals surface area contributed by atoms with Gasteiger partial charge in [-0.2, -0.15) is 0 Å². The van der Waals surface area contributed by atoms with Gasteiger partial charge < -0.3 is 10.1 Å². The number of hydrogen-bond acceptors (Lipinski definition) is 5. The Bertz CT molecular complexity index is 949. The summed E-state index contributed by atoms with van der Waals surface area (Å²) >= 11 is 0. The molecule has 6 rings (SSSR count). The van der Waals surface area contributed by atoms with Crippen molar-refractivity contribution in [1.82, 2.24) is 4.90 Å². The van der Waals surface area contributed by atoms with Crippen LogP contribution < -0.4 is 5.32 Å². The zero-order valence-corrected chi connectivity index (χ0v) is 18.2. The monoisotopic (exact) mass is 436 g/mol. The molecule has 7 heteroatoms. The van der Waals surface area contributed by atoms with Gasteiger partial charge >= 0.3 is 5.97 Å². The van der Waals surface area contributed by atoms with Crippen molar-refractivity contribution >= 4 is 29.4 Å². The first-order chi connectivity index (χ1) is 15.5. The first kappa shape index (κ1) is 20.9. The number of esters is 1. The second-order valence-corrected chi connectivity index (χ2v) is 9.41. The van der Waals surface area contributed by atoms with Crippen LogP contribution in [0, 0.1) is 35.5 Å². The third-order valence-corrected chi connectivity index (χ3v) is 7.63. The Hall–Kier alpha value is -2.96. The Labute approximate surface area is 187 Å². The Morgan fingerprint density at radius 3 is 2.19 bits per heavy atom. The number of nitrogens with zero attached hydrogens (tertiary/aromatic N) is 1. The van der Waals surface area contributed by atoms with Gasteiger partial charge in [0.15, 0.2) is 0 Å². The summed E-state index contributed by atoms with van der Waals surface area (Å²) in [6.07, 6.45) is 8.10. The molecule has 168 valence electrons. The topological polar surface area (TPSA) is 92.8 Å². The SMILES string of the molecule is COC(=O)c1ccc(NC(=O)CCCCCN2C(=O)C3C4C=CC(C5CC45)C3C2=O)cc1. The molecule has 1 aromatic rings. The van der Waals surface area contributed by atoms with Crippen LogP contribution in [0.15, 0.2) is 36.4 Å². The molecule has 5 aliphatic rings. The lowest BCUT2D eigenvalue weighted by Crippen LogP contribution is -2.40. The number of imide groups is 1. The lowest BCUT2D eigenvalue weighted by Gasteiger charge is -2.37. The molecule has 1 N–H and O–H groups in total. The number of anilines is 1. The minimum Gasteiger partial charge on any atom is -0.465 e. The highest BCUT2D eigenvalue weighted by atomic mass is 16.5. The lowest BCUT2D eigenvalue weighted by atomic mass is 9.63. The molecule has 4 aliphatic carbocycles. The maximum absolute atomic E-state index is 12.9. The number of nitrogens with one attached hydrogen (secondary N) is 1. The molecule has 2 bridgehead atoms. The second-order valence-electron chi connectivity index (χ2n) is 9.41. The molecule has 6 unspecified atom stereocenters. The average molecular weight is 437 g/mol. The second kappa shape index (κ2) is 8.19. The molecular formula is C25H28N2O5. The molecule has 6 atom stereocenters. The van der Waals surface area contributed by atoms with E-state index in [0.717, 1.165) is 6.42 Å². The predicted molar refractivity (Wildman–Crippen MR) is 116 cm³/mol. The zero-order chi connectivity index (χ0) is 22.4. The van der Waals surface area contributed by atoms with E-state index in [-0.39, 0.29) is 41.4 Å². The van der Waals surface area contributed by atoms with E-state index in [1.54, 1.807) is 24.3 Å². The van der Waals surface area contributed by atoms with Gasteiger partial charge in [-0.15, -0.1) is 0 Å².